The van der Waals surface area contributed by atoms with Gasteiger partial charge in [0.1, 0.15) is 29.8 Å². The summed E-state index contributed by atoms with van der Waals surface area (Å²) < 4.78 is 23.4. The number of fused-ring (bicyclic) bond motifs is 1. The van der Waals surface area contributed by atoms with E-state index in [1.807, 2.05) is 37.3 Å². The molecule has 2 aliphatic heterocycles. The van der Waals surface area contributed by atoms with Crippen molar-refractivity contribution in [3.05, 3.63) is 46.3 Å². The molecule has 0 amide bonds. The van der Waals surface area contributed by atoms with Crippen molar-refractivity contribution in [3.8, 4) is 0 Å². The summed E-state index contributed by atoms with van der Waals surface area (Å²) in [5, 5.41) is 3.84. The van der Waals surface area contributed by atoms with E-state index in [2.05, 4.69) is 10.0 Å². The first-order valence-corrected chi connectivity index (χ1v) is 9.49. The minimum atomic E-state index is -0.735. The highest BCUT2D eigenvalue weighted by Gasteiger charge is 2.51. The molecule has 6 atom stereocenters. The predicted molar refractivity (Wildman–Crippen MR) is 95.3 cm³/mol. The lowest BCUT2D eigenvalue weighted by Crippen LogP contribution is -2.61. The Hall–Kier alpha value is -1.77. The summed E-state index contributed by atoms with van der Waals surface area (Å²) in [5.74, 6) is 0.307. The van der Waals surface area contributed by atoms with Crippen LogP contribution in [0.4, 0.5) is 0 Å². The van der Waals surface area contributed by atoms with E-state index >= 15 is 0 Å². The van der Waals surface area contributed by atoms with Crippen LogP contribution >= 0.6 is 11.8 Å². The Labute approximate surface area is 155 Å². The second kappa shape index (κ2) is 8.75. The summed E-state index contributed by atoms with van der Waals surface area (Å²) in [4.78, 5) is 14.6. The third-order valence-electron chi connectivity index (χ3n) is 4.20. The van der Waals surface area contributed by atoms with Crippen LogP contribution in [0.25, 0.3) is 10.4 Å². The molecular weight excluding hydrogens is 358 g/mol. The molecule has 0 saturated carbocycles. The van der Waals surface area contributed by atoms with Crippen molar-refractivity contribution >= 4 is 17.7 Å². The second-order valence-corrected chi connectivity index (χ2v) is 7.32. The highest BCUT2D eigenvalue weighted by atomic mass is 32.2. The van der Waals surface area contributed by atoms with Gasteiger partial charge < -0.3 is 18.9 Å². The first kappa shape index (κ1) is 19.0. The minimum absolute atomic E-state index is 0.297. The van der Waals surface area contributed by atoms with E-state index in [1.165, 1.54) is 18.7 Å². The number of thioether (sulfide) groups is 1. The van der Waals surface area contributed by atoms with Crippen molar-refractivity contribution in [1.29, 1.82) is 0 Å². The van der Waals surface area contributed by atoms with Crippen LogP contribution in [-0.2, 0) is 23.7 Å². The molecule has 0 bridgehead atoms. The fraction of sp³-hybridized carbons (Fsp3) is 0.588. The molecule has 0 spiro atoms. The number of nitrogens with zero attached hydrogens (tertiary/aromatic N) is 3. The first-order chi connectivity index (χ1) is 12.6. The first-order valence-electron chi connectivity index (χ1n) is 8.44. The molecule has 1 aromatic rings. The molecule has 8 nitrogen and oxygen atoms in total. The number of carbonyl (C=O) groups excluding carboxylic acids is 1. The Morgan fingerprint density at radius 2 is 2.15 bits per heavy atom. The average molecular weight is 379 g/mol. The van der Waals surface area contributed by atoms with Gasteiger partial charge in [-0.25, -0.2) is 0 Å². The van der Waals surface area contributed by atoms with Crippen molar-refractivity contribution in [1.82, 2.24) is 0 Å². The third-order valence-corrected chi connectivity index (χ3v) is 5.25. The molecule has 0 aliphatic carbocycles. The maximum atomic E-state index is 11.7. The predicted octanol–water partition coefficient (Wildman–Crippen LogP) is 3.19. The number of benzene rings is 1. The molecular formula is C17H21N3O5S. The summed E-state index contributed by atoms with van der Waals surface area (Å²) in [5.41, 5.74) is 9.40. The monoisotopic (exact) mass is 379 g/mol. The number of ether oxygens (including phenoxy) is 4. The fourth-order valence-corrected chi connectivity index (χ4v) is 4.11. The Bertz CT molecular complexity index is 670. The third kappa shape index (κ3) is 4.13. The topological polar surface area (TPSA) is 103 Å². The largest absolute Gasteiger partial charge is 0.459 e. The van der Waals surface area contributed by atoms with Crippen molar-refractivity contribution in [3.63, 3.8) is 0 Å². The molecule has 2 saturated heterocycles. The molecule has 2 aliphatic rings. The number of azide groups is 1. The molecule has 9 heteroatoms. The van der Waals surface area contributed by atoms with Crippen LogP contribution in [0.1, 0.15) is 25.7 Å². The minimum Gasteiger partial charge on any atom is -0.459 e. The second-order valence-electron chi connectivity index (χ2n) is 5.94. The molecule has 140 valence electrons. The van der Waals surface area contributed by atoms with E-state index in [0.29, 0.717) is 6.61 Å². The Morgan fingerprint density at radius 3 is 2.81 bits per heavy atom. The molecule has 0 N–H and O–H groups in total. The summed E-state index contributed by atoms with van der Waals surface area (Å²) in [6.07, 6.45) is -2.32. The molecule has 0 aromatic heterocycles. The number of esters is 1. The van der Waals surface area contributed by atoms with E-state index in [-0.39, 0.29) is 0 Å². The van der Waals surface area contributed by atoms with Gasteiger partial charge in [-0.05, 0) is 11.3 Å². The normalized spacial score (nSPS) is 33.6. The van der Waals surface area contributed by atoms with Crippen LogP contribution in [0, 0.1) is 0 Å². The van der Waals surface area contributed by atoms with Crippen LogP contribution in [-0.4, -0.2) is 48.1 Å². The van der Waals surface area contributed by atoms with Gasteiger partial charge in [0.05, 0.1) is 6.61 Å². The van der Waals surface area contributed by atoms with Crippen LogP contribution < -0.4 is 0 Å². The maximum Gasteiger partial charge on any atom is 0.303 e. The van der Waals surface area contributed by atoms with Gasteiger partial charge in [-0.2, -0.15) is 0 Å². The summed E-state index contributed by atoms with van der Waals surface area (Å²) in [6.45, 7) is 3.60. The van der Waals surface area contributed by atoms with Crippen molar-refractivity contribution in [2.24, 2.45) is 5.11 Å². The van der Waals surface area contributed by atoms with Crippen molar-refractivity contribution < 1.29 is 23.7 Å². The number of hydrogen-bond donors (Lipinski definition) is 0. The Kier molecular flexibility index (Phi) is 6.39. The average Bonchev–Trinajstić information content (AvgIpc) is 2.64. The highest BCUT2D eigenvalue weighted by Crippen LogP contribution is 2.39. The smallest absolute Gasteiger partial charge is 0.303 e. The molecule has 0 radical (unpaired) electrons. The lowest BCUT2D eigenvalue weighted by Gasteiger charge is -2.47. The van der Waals surface area contributed by atoms with Crippen molar-refractivity contribution in [2.75, 3.05) is 12.4 Å². The van der Waals surface area contributed by atoms with Crippen molar-refractivity contribution in [2.45, 2.75) is 49.9 Å². The number of carbonyl (C=O) groups is 1. The maximum absolute atomic E-state index is 11.7. The van der Waals surface area contributed by atoms with E-state index in [0.717, 1.165) is 11.3 Å². The zero-order valence-electron chi connectivity index (χ0n) is 14.6. The molecule has 2 heterocycles. The molecule has 26 heavy (non-hydrogen) atoms. The van der Waals surface area contributed by atoms with E-state index in [4.69, 9.17) is 24.5 Å². The zero-order valence-corrected chi connectivity index (χ0v) is 15.4. The van der Waals surface area contributed by atoms with Gasteiger partial charge >= 0.3 is 5.97 Å². The Balaban J connectivity index is 1.87. The lowest BCUT2D eigenvalue weighted by atomic mass is 9.97. The van der Waals surface area contributed by atoms with E-state index in [9.17, 15) is 4.79 Å². The van der Waals surface area contributed by atoms with Gasteiger partial charge in [0, 0.05) is 17.4 Å². The fourth-order valence-electron chi connectivity index (χ4n) is 3.15. The molecule has 3 rings (SSSR count). The van der Waals surface area contributed by atoms with Crippen LogP contribution in [0.5, 0.6) is 0 Å². The summed E-state index contributed by atoms with van der Waals surface area (Å²) >= 11 is 1.49. The van der Waals surface area contributed by atoms with Gasteiger partial charge in [0.15, 0.2) is 6.29 Å². The highest BCUT2D eigenvalue weighted by molar-refractivity contribution is 7.99. The van der Waals surface area contributed by atoms with Crippen LogP contribution in [0.2, 0.25) is 0 Å². The number of rotatable bonds is 5. The molecule has 2 fully saturated rings. The molecule has 0 unspecified atom stereocenters. The van der Waals surface area contributed by atoms with Gasteiger partial charge in [0.25, 0.3) is 0 Å². The Morgan fingerprint density at radius 1 is 1.38 bits per heavy atom. The van der Waals surface area contributed by atoms with Crippen LogP contribution in [0.3, 0.4) is 0 Å². The van der Waals surface area contributed by atoms with Gasteiger partial charge in [-0.1, -0.05) is 42.4 Å². The summed E-state index contributed by atoms with van der Waals surface area (Å²) in [7, 11) is 0. The van der Waals surface area contributed by atoms with Crippen LogP contribution in [0.15, 0.2) is 35.4 Å². The standard InChI is InChI=1S/C17H21N3O5S/c1-3-26-17-13(19-20-18)15(23-10(2)21)14-12(24-17)9-22-16(25-14)11-7-5-4-6-8-11/h4-8,12-17H,3,9H2,1-2H3/t12-,13-,14+,15-,16+,17+/m1/s1. The lowest BCUT2D eigenvalue weighted by molar-refractivity contribution is -0.306. The van der Waals surface area contributed by atoms with Gasteiger partial charge in [-0.15, -0.1) is 11.8 Å². The van der Waals surface area contributed by atoms with Gasteiger partial charge in [-0.3, -0.25) is 4.79 Å². The zero-order chi connectivity index (χ0) is 18.5. The van der Waals surface area contributed by atoms with E-state index in [1.54, 1.807) is 0 Å². The van der Waals surface area contributed by atoms with Gasteiger partial charge in [0.2, 0.25) is 0 Å². The molecule has 1 aromatic carbocycles. The summed E-state index contributed by atoms with van der Waals surface area (Å²) in [6, 6.07) is 8.82. The SMILES string of the molecule is CCS[C@@H]1O[C@@H]2CO[C@H](c3ccccc3)O[C@@H]2[C@H](OC(C)=O)[C@H]1N=[N+]=[N-]. The number of hydrogen-bond acceptors (Lipinski definition) is 7. The quantitative estimate of drug-likeness (QED) is 0.337. The van der Waals surface area contributed by atoms with E-state index < -0.39 is 42.0 Å².